The highest BCUT2D eigenvalue weighted by molar-refractivity contribution is 14.1. The fourth-order valence-electron chi connectivity index (χ4n) is 1.99. The lowest BCUT2D eigenvalue weighted by Crippen LogP contribution is -2.16. The quantitative estimate of drug-likeness (QED) is 0.370. The van der Waals surface area contributed by atoms with Crippen LogP contribution in [0.15, 0.2) is 6.07 Å². The van der Waals surface area contributed by atoms with Gasteiger partial charge in [-0.05, 0) is 35.6 Å². The summed E-state index contributed by atoms with van der Waals surface area (Å²) in [5.74, 6) is 5.00. The highest BCUT2D eigenvalue weighted by atomic mass is 127. The van der Waals surface area contributed by atoms with Gasteiger partial charge in [-0.2, -0.15) is 0 Å². The third-order valence-electron chi connectivity index (χ3n) is 3.10. The monoisotopic (exact) mass is 448 g/mol. The zero-order chi connectivity index (χ0) is 17.6. The minimum atomic E-state index is -1.36. The molecule has 128 valence electrons. The molecule has 0 spiro atoms. The van der Waals surface area contributed by atoms with Crippen molar-refractivity contribution in [3.8, 4) is 28.7 Å². The Morgan fingerprint density at radius 2 is 1.70 bits per heavy atom. The van der Waals surface area contributed by atoms with Crippen molar-refractivity contribution in [2.24, 2.45) is 0 Å². The summed E-state index contributed by atoms with van der Waals surface area (Å²) in [5, 5.41) is 0. The molecule has 0 saturated heterocycles. The first-order chi connectivity index (χ1) is 10.7. The second-order valence-electron chi connectivity index (χ2n) is 6.05. The van der Waals surface area contributed by atoms with Crippen LogP contribution in [-0.2, 0) is 4.74 Å². The van der Waals surface area contributed by atoms with Crippen LogP contribution in [0.5, 0.6) is 17.2 Å². The fourth-order valence-corrected chi connectivity index (χ4v) is 3.66. The maximum absolute atomic E-state index is 5.87. The summed E-state index contributed by atoms with van der Waals surface area (Å²) in [4.78, 5) is 0. The van der Waals surface area contributed by atoms with Gasteiger partial charge in [0.1, 0.15) is 14.7 Å². The van der Waals surface area contributed by atoms with Gasteiger partial charge in [-0.1, -0.05) is 25.6 Å². The summed E-state index contributed by atoms with van der Waals surface area (Å²) in [5.41, 5.74) is 4.29. The molecule has 0 heterocycles. The van der Waals surface area contributed by atoms with Gasteiger partial charge in [0, 0.05) is 5.56 Å². The van der Waals surface area contributed by atoms with Gasteiger partial charge in [0.25, 0.3) is 0 Å². The van der Waals surface area contributed by atoms with Crippen LogP contribution >= 0.6 is 22.6 Å². The van der Waals surface area contributed by atoms with E-state index in [4.69, 9.17) is 18.9 Å². The Balaban J connectivity index is 3.04. The standard InChI is InChI=1S/C17H25IO4Si/c1-12(22-9-8-10-23(5,6)7)13-11-14(19-2)16(20-3)17(21-4)15(13)18/h11-12H,9H2,1-7H3/t12-/m1/s1. The summed E-state index contributed by atoms with van der Waals surface area (Å²) in [6.07, 6.45) is -0.119. The van der Waals surface area contributed by atoms with Gasteiger partial charge in [0.15, 0.2) is 11.5 Å². The topological polar surface area (TPSA) is 36.9 Å². The molecule has 1 rings (SSSR count). The van der Waals surface area contributed by atoms with E-state index in [-0.39, 0.29) is 6.10 Å². The maximum Gasteiger partial charge on any atom is 0.204 e. The van der Waals surface area contributed by atoms with E-state index in [0.29, 0.717) is 23.9 Å². The van der Waals surface area contributed by atoms with E-state index >= 15 is 0 Å². The molecule has 1 aromatic rings. The van der Waals surface area contributed by atoms with Crippen molar-refractivity contribution in [2.75, 3.05) is 27.9 Å². The first-order valence-electron chi connectivity index (χ1n) is 7.35. The van der Waals surface area contributed by atoms with Crippen molar-refractivity contribution in [3.05, 3.63) is 15.2 Å². The van der Waals surface area contributed by atoms with Crippen molar-refractivity contribution >= 4 is 30.7 Å². The Kier molecular flexibility index (Phi) is 7.71. The molecular weight excluding hydrogens is 423 g/mol. The Morgan fingerprint density at radius 1 is 1.09 bits per heavy atom. The molecule has 0 N–H and O–H groups in total. The minimum absolute atomic E-state index is 0.119. The molecule has 0 fully saturated rings. The van der Waals surface area contributed by atoms with Crippen molar-refractivity contribution in [3.63, 3.8) is 0 Å². The number of benzene rings is 1. The van der Waals surface area contributed by atoms with Gasteiger partial charge in [-0.25, -0.2) is 0 Å². The summed E-state index contributed by atoms with van der Waals surface area (Å²) in [7, 11) is 3.47. The second-order valence-corrected chi connectivity index (χ2v) is 11.9. The Labute approximate surface area is 154 Å². The Bertz CT molecular complexity index is 599. The van der Waals surface area contributed by atoms with Crippen LogP contribution in [-0.4, -0.2) is 36.0 Å². The molecule has 23 heavy (non-hydrogen) atoms. The van der Waals surface area contributed by atoms with Crippen LogP contribution in [0.25, 0.3) is 0 Å². The van der Waals surface area contributed by atoms with E-state index in [1.165, 1.54) is 0 Å². The smallest absolute Gasteiger partial charge is 0.204 e. The molecule has 0 aliphatic rings. The molecule has 0 unspecified atom stereocenters. The molecule has 0 aliphatic heterocycles. The molecule has 0 aliphatic carbocycles. The summed E-state index contributed by atoms with van der Waals surface area (Å²) < 4.78 is 23.1. The maximum atomic E-state index is 5.87. The third kappa shape index (κ3) is 5.59. The van der Waals surface area contributed by atoms with Gasteiger partial charge in [-0.3, -0.25) is 0 Å². The largest absolute Gasteiger partial charge is 0.493 e. The number of methoxy groups -OCH3 is 3. The van der Waals surface area contributed by atoms with Gasteiger partial charge in [0.05, 0.1) is 31.0 Å². The van der Waals surface area contributed by atoms with E-state index in [2.05, 4.69) is 53.7 Å². The highest BCUT2D eigenvalue weighted by Gasteiger charge is 2.22. The summed E-state index contributed by atoms with van der Waals surface area (Å²) in [6.45, 7) is 9.06. The Hall–Kier alpha value is -0.913. The van der Waals surface area contributed by atoms with Crippen LogP contribution in [0, 0.1) is 15.0 Å². The van der Waals surface area contributed by atoms with Gasteiger partial charge in [-0.15, -0.1) is 5.54 Å². The van der Waals surface area contributed by atoms with Gasteiger partial charge in [0.2, 0.25) is 5.75 Å². The van der Waals surface area contributed by atoms with Crippen LogP contribution in [0.3, 0.4) is 0 Å². The van der Waals surface area contributed by atoms with E-state index in [0.717, 1.165) is 9.13 Å². The summed E-state index contributed by atoms with van der Waals surface area (Å²) in [6, 6.07) is 1.93. The van der Waals surface area contributed by atoms with Gasteiger partial charge < -0.3 is 18.9 Å². The number of ether oxygens (including phenoxy) is 4. The predicted octanol–water partition coefficient (Wildman–Crippen LogP) is 4.28. The average molecular weight is 448 g/mol. The fraction of sp³-hybridized carbons (Fsp3) is 0.529. The van der Waals surface area contributed by atoms with E-state index in [9.17, 15) is 0 Å². The first kappa shape index (κ1) is 20.1. The molecule has 6 heteroatoms. The van der Waals surface area contributed by atoms with E-state index < -0.39 is 8.07 Å². The lowest BCUT2D eigenvalue weighted by atomic mass is 10.1. The first-order valence-corrected chi connectivity index (χ1v) is 11.9. The van der Waals surface area contributed by atoms with Crippen molar-refractivity contribution in [1.82, 2.24) is 0 Å². The number of hydrogen-bond acceptors (Lipinski definition) is 4. The molecule has 0 saturated carbocycles. The van der Waals surface area contributed by atoms with Crippen LogP contribution in [0.1, 0.15) is 18.6 Å². The number of hydrogen-bond donors (Lipinski definition) is 0. The highest BCUT2D eigenvalue weighted by Crippen LogP contribution is 2.44. The zero-order valence-corrected chi connectivity index (χ0v) is 18.0. The van der Waals surface area contributed by atoms with Crippen molar-refractivity contribution in [2.45, 2.75) is 32.7 Å². The minimum Gasteiger partial charge on any atom is -0.493 e. The SMILES string of the molecule is COc1cc([C@@H](C)OCC#C[Si](C)(C)C)c(I)c(OC)c1OC. The lowest BCUT2D eigenvalue weighted by molar-refractivity contribution is 0.0914. The van der Waals surface area contributed by atoms with Gasteiger partial charge >= 0.3 is 0 Å². The molecular formula is C17H25IO4Si. The summed E-state index contributed by atoms with van der Waals surface area (Å²) >= 11 is 2.24. The molecule has 0 bridgehead atoms. The van der Waals surface area contributed by atoms with Crippen LogP contribution in [0.4, 0.5) is 0 Å². The molecule has 0 amide bonds. The second kappa shape index (κ2) is 8.80. The normalized spacial score (nSPS) is 12.2. The van der Waals surface area contributed by atoms with E-state index in [1.807, 2.05) is 13.0 Å². The predicted molar refractivity (Wildman–Crippen MR) is 104 cm³/mol. The Morgan fingerprint density at radius 3 is 2.17 bits per heavy atom. The molecule has 0 aromatic heterocycles. The lowest BCUT2D eigenvalue weighted by Gasteiger charge is -2.20. The number of halogens is 1. The van der Waals surface area contributed by atoms with Crippen molar-refractivity contribution in [1.29, 1.82) is 0 Å². The zero-order valence-electron chi connectivity index (χ0n) is 14.9. The average Bonchev–Trinajstić information content (AvgIpc) is 2.49. The molecule has 0 radical (unpaired) electrons. The van der Waals surface area contributed by atoms with E-state index in [1.54, 1.807) is 21.3 Å². The molecule has 4 nitrogen and oxygen atoms in total. The third-order valence-corrected chi connectivity index (χ3v) is 5.14. The molecule has 1 aromatic carbocycles. The van der Waals surface area contributed by atoms with Crippen LogP contribution in [0.2, 0.25) is 19.6 Å². The molecule has 1 atom stereocenters. The number of rotatable bonds is 6. The van der Waals surface area contributed by atoms with Crippen LogP contribution < -0.4 is 14.2 Å². The van der Waals surface area contributed by atoms with Crippen molar-refractivity contribution < 1.29 is 18.9 Å².